The first-order valence-electron chi connectivity index (χ1n) is 12.8. The maximum atomic E-state index is 12.5. The maximum absolute atomic E-state index is 12.5. The Morgan fingerprint density at radius 1 is 1.03 bits per heavy atom. The molecule has 0 saturated carbocycles. The van der Waals surface area contributed by atoms with Crippen molar-refractivity contribution in [2.45, 2.75) is 53.1 Å². The number of hydrogen-bond acceptors (Lipinski definition) is 2. The Bertz CT molecular complexity index is 1370. The molecule has 3 aromatic rings. The van der Waals surface area contributed by atoms with E-state index in [4.69, 9.17) is 0 Å². The number of fused-ring (bicyclic) bond motifs is 6. The summed E-state index contributed by atoms with van der Waals surface area (Å²) in [6, 6.07) is 21.3. The van der Waals surface area contributed by atoms with Crippen LogP contribution < -0.4 is 0 Å². The van der Waals surface area contributed by atoms with E-state index in [1.165, 1.54) is 16.7 Å². The lowest BCUT2D eigenvalue weighted by Crippen LogP contribution is -2.29. The third kappa shape index (κ3) is 5.05. The molecule has 0 amide bonds. The summed E-state index contributed by atoms with van der Waals surface area (Å²) in [5.41, 5.74) is 9.06. The van der Waals surface area contributed by atoms with E-state index in [-0.39, 0.29) is 0 Å². The average molecular weight is 476 g/mol. The van der Waals surface area contributed by atoms with Crippen LogP contribution in [0.25, 0.3) is 11.6 Å². The number of aliphatic imine (C=N–C) groups is 1. The number of benzene rings is 3. The average Bonchev–Trinajstić information content (AvgIpc) is 2.87. The zero-order valence-corrected chi connectivity index (χ0v) is 22.2. The standard InChI is InChI=1S/C34H37NO/c1-7-9-28-15-17-32-20-33(28)26(6)30-11-8-10-27(18-30)13-14-29-19-31(16-12-24(29)4)34(32,36)25(5)22-35-21-23(2)3/h7-12,15-23,36H,6,13-14H2,1-5H3/b9-7-,25-22+,35-21?. The summed E-state index contributed by atoms with van der Waals surface area (Å²) in [5.74, 6) is 0.333. The fourth-order valence-electron chi connectivity index (χ4n) is 4.92. The van der Waals surface area contributed by atoms with E-state index in [2.05, 4.69) is 93.0 Å². The van der Waals surface area contributed by atoms with Gasteiger partial charge in [-0.2, -0.15) is 0 Å². The first-order valence-corrected chi connectivity index (χ1v) is 12.8. The van der Waals surface area contributed by atoms with Crippen LogP contribution in [0.3, 0.4) is 0 Å². The van der Waals surface area contributed by atoms with E-state index in [1.54, 1.807) is 6.20 Å². The molecule has 4 rings (SSSR count). The number of aryl methyl sites for hydroxylation is 3. The summed E-state index contributed by atoms with van der Waals surface area (Å²) in [5, 5.41) is 12.5. The van der Waals surface area contributed by atoms with Gasteiger partial charge in [0.05, 0.1) is 0 Å². The highest BCUT2D eigenvalue weighted by molar-refractivity contribution is 5.84. The monoisotopic (exact) mass is 475 g/mol. The lowest BCUT2D eigenvalue weighted by atomic mass is 9.78. The van der Waals surface area contributed by atoms with E-state index in [9.17, 15) is 5.11 Å². The largest absolute Gasteiger partial charge is 0.376 e. The third-order valence-corrected chi connectivity index (χ3v) is 7.09. The molecule has 0 spiro atoms. The predicted molar refractivity (Wildman–Crippen MR) is 154 cm³/mol. The number of nitrogens with zero attached hydrogens (tertiary/aromatic N) is 1. The molecule has 1 aliphatic rings. The maximum Gasteiger partial charge on any atom is 0.138 e. The van der Waals surface area contributed by atoms with E-state index >= 15 is 0 Å². The van der Waals surface area contributed by atoms with E-state index in [1.807, 2.05) is 32.2 Å². The highest BCUT2D eigenvalue weighted by Crippen LogP contribution is 2.40. The summed E-state index contributed by atoms with van der Waals surface area (Å²) in [6.07, 6.45) is 9.68. The number of allylic oxidation sites excluding steroid dienone is 1. The fourth-order valence-corrected chi connectivity index (χ4v) is 4.92. The fraction of sp³-hybridized carbons (Fsp3) is 0.265. The molecule has 0 saturated heterocycles. The Kier molecular flexibility index (Phi) is 7.56. The molecular weight excluding hydrogens is 438 g/mol. The summed E-state index contributed by atoms with van der Waals surface area (Å²) in [4.78, 5) is 4.54. The molecule has 0 fully saturated rings. The lowest BCUT2D eigenvalue weighted by molar-refractivity contribution is 0.120. The Morgan fingerprint density at radius 2 is 1.78 bits per heavy atom. The highest BCUT2D eigenvalue weighted by Gasteiger charge is 2.35. The van der Waals surface area contributed by atoms with Crippen LogP contribution in [0.5, 0.6) is 0 Å². The van der Waals surface area contributed by atoms with Crippen LogP contribution in [0.4, 0.5) is 0 Å². The van der Waals surface area contributed by atoms with Gasteiger partial charge in [0.2, 0.25) is 0 Å². The second kappa shape index (κ2) is 10.6. The Hall–Kier alpha value is -3.49. The van der Waals surface area contributed by atoms with Crippen molar-refractivity contribution >= 4 is 17.9 Å². The lowest BCUT2D eigenvalue weighted by Gasteiger charge is -2.32. The van der Waals surface area contributed by atoms with Crippen molar-refractivity contribution in [3.63, 3.8) is 0 Å². The van der Waals surface area contributed by atoms with Crippen molar-refractivity contribution in [2.75, 3.05) is 0 Å². The Labute approximate surface area is 216 Å². The topological polar surface area (TPSA) is 32.6 Å². The van der Waals surface area contributed by atoms with Crippen LogP contribution in [0.15, 0.2) is 90.1 Å². The van der Waals surface area contributed by atoms with E-state index in [0.29, 0.717) is 5.92 Å². The molecule has 2 heteroatoms. The van der Waals surface area contributed by atoms with Crippen LogP contribution in [-0.2, 0) is 18.4 Å². The molecule has 0 radical (unpaired) electrons. The zero-order chi connectivity index (χ0) is 25.9. The van der Waals surface area contributed by atoms with Gasteiger partial charge in [-0.25, -0.2) is 0 Å². The molecule has 0 aromatic heterocycles. The smallest absolute Gasteiger partial charge is 0.138 e. The van der Waals surface area contributed by atoms with Crippen molar-refractivity contribution in [1.29, 1.82) is 0 Å². The molecule has 1 aliphatic carbocycles. The molecule has 0 aliphatic heterocycles. The first-order chi connectivity index (χ1) is 17.2. The molecule has 1 N–H and O–H groups in total. The number of aliphatic hydroxyl groups is 1. The summed E-state index contributed by atoms with van der Waals surface area (Å²) in [7, 11) is 0. The summed E-state index contributed by atoms with van der Waals surface area (Å²) < 4.78 is 0. The van der Waals surface area contributed by atoms with Crippen molar-refractivity contribution in [3.05, 3.63) is 130 Å². The Balaban J connectivity index is 2.04. The molecule has 0 heterocycles. The zero-order valence-electron chi connectivity index (χ0n) is 22.2. The minimum Gasteiger partial charge on any atom is -0.376 e. The third-order valence-electron chi connectivity index (χ3n) is 7.09. The molecule has 184 valence electrons. The molecule has 3 aromatic carbocycles. The normalized spacial score (nSPS) is 18.4. The number of rotatable bonds is 4. The van der Waals surface area contributed by atoms with Gasteiger partial charge in [-0.1, -0.05) is 87.2 Å². The molecule has 1 unspecified atom stereocenters. The minimum atomic E-state index is -1.33. The van der Waals surface area contributed by atoms with Crippen molar-refractivity contribution in [1.82, 2.24) is 0 Å². The van der Waals surface area contributed by atoms with E-state index < -0.39 is 5.60 Å². The first kappa shape index (κ1) is 25.6. The number of hydrogen-bond donors (Lipinski definition) is 1. The van der Waals surface area contributed by atoms with Crippen LogP contribution >= 0.6 is 0 Å². The van der Waals surface area contributed by atoms with Crippen LogP contribution in [0, 0.1) is 12.8 Å². The van der Waals surface area contributed by atoms with Gasteiger partial charge < -0.3 is 5.11 Å². The van der Waals surface area contributed by atoms with E-state index in [0.717, 1.165) is 51.8 Å². The molecule has 36 heavy (non-hydrogen) atoms. The SMILES string of the molecule is C=C1c2cccc(c2)CCc2cc(ccc2C)C(O)(/C(C)=C/N=CC(C)C)c2ccc(/C=C\C)c1c2. The van der Waals surface area contributed by atoms with Crippen molar-refractivity contribution in [2.24, 2.45) is 10.9 Å². The van der Waals surface area contributed by atoms with Gasteiger partial charge in [0.1, 0.15) is 5.60 Å². The van der Waals surface area contributed by atoms with Gasteiger partial charge in [0.25, 0.3) is 0 Å². The van der Waals surface area contributed by atoms with Crippen molar-refractivity contribution in [3.8, 4) is 0 Å². The molecular formula is C34H37NO. The van der Waals surface area contributed by atoms with Gasteiger partial charge in [-0.15, -0.1) is 0 Å². The summed E-state index contributed by atoms with van der Waals surface area (Å²) in [6.45, 7) is 14.8. The van der Waals surface area contributed by atoms with Gasteiger partial charge in [0.15, 0.2) is 0 Å². The van der Waals surface area contributed by atoms with Gasteiger partial charge in [-0.05, 0) is 101 Å². The quantitative estimate of drug-likeness (QED) is 0.380. The molecule has 1 atom stereocenters. The second-order valence-electron chi connectivity index (χ2n) is 10.2. The highest BCUT2D eigenvalue weighted by atomic mass is 16.3. The Morgan fingerprint density at radius 3 is 2.53 bits per heavy atom. The van der Waals surface area contributed by atoms with Crippen LogP contribution in [-0.4, -0.2) is 11.3 Å². The minimum absolute atomic E-state index is 0.333. The van der Waals surface area contributed by atoms with Crippen LogP contribution in [0.1, 0.15) is 72.2 Å². The van der Waals surface area contributed by atoms with Crippen LogP contribution in [0.2, 0.25) is 0 Å². The van der Waals surface area contributed by atoms with Gasteiger partial charge in [0, 0.05) is 12.4 Å². The molecule has 6 bridgehead atoms. The van der Waals surface area contributed by atoms with Gasteiger partial charge >= 0.3 is 0 Å². The second-order valence-corrected chi connectivity index (χ2v) is 10.2. The van der Waals surface area contributed by atoms with Crippen molar-refractivity contribution < 1.29 is 5.11 Å². The summed E-state index contributed by atoms with van der Waals surface area (Å²) >= 11 is 0. The predicted octanol–water partition coefficient (Wildman–Crippen LogP) is 8.05. The molecule has 2 nitrogen and oxygen atoms in total. The van der Waals surface area contributed by atoms with Gasteiger partial charge in [-0.3, -0.25) is 4.99 Å².